The summed E-state index contributed by atoms with van der Waals surface area (Å²) in [6.07, 6.45) is 1.67. The van der Waals surface area contributed by atoms with Crippen molar-refractivity contribution >= 4 is 17.6 Å². The van der Waals surface area contributed by atoms with Crippen LogP contribution >= 0.6 is 0 Å². The monoisotopic (exact) mass is 206 g/mol. The number of carbonyl (C=O) groups excluding carboxylic acids is 2. The number of nitrogens with zero attached hydrogens (tertiary/aromatic N) is 2. The van der Waals surface area contributed by atoms with Gasteiger partial charge in [0.05, 0.1) is 11.4 Å². The van der Waals surface area contributed by atoms with Gasteiger partial charge in [0.25, 0.3) is 0 Å². The maximum atomic E-state index is 11.1. The molecule has 2 rings (SSSR count). The van der Waals surface area contributed by atoms with Gasteiger partial charge >= 0.3 is 11.9 Å². The van der Waals surface area contributed by atoms with E-state index < -0.39 is 11.9 Å². The first-order valence-corrected chi connectivity index (χ1v) is 4.57. The smallest absolute Gasteiger partial charge is 0.333 e. The number of carbonyl (C=O) groups is 2. The first-order chi connectivity index (χ1) is 7.16. The maximum absolute atomic E-state index is 11.1. The zero-order valence-corrected chi connectivity index (χ0v) is 8.27. The van der Waals surface area contributed by atoms with Gasteiger partial charge in [0, 0.05) is 6.20 Å². The molecule has 1 aromatic rings. The van der Waals surface area contributed by atoms with Gasteiger partial charge in [-0.05, 0) is 19.1 Å². The Morgan fingerprint density at radius 2 is 2.00 bits per heavy atom. The average molecular weight is 206 g/mol. The number of anilines is 1. The number of esters is 2. The molecule has 1 fully saturated rings. The predicted octanol–water partition coefficient (Wildman–Crippen LogP) is 0.280. The summed E-state index contributed by atoms with van der Waals surface area (Å²) in [4.78, 5) is 27.9. The largest absolute Gasteiger partial charge is 0.390 e. The standard InChI is InChI=1S/C10H10N2O3/c1-7-8(3-2-4-11-7)12-5-9(13)15-10(14)6-12/h2-4H,5-6H2,1H3. The summed E-state index contributed by atoms with van der Waals surface area (Å²) >= 11 is 0. The van der Waals surface area contributed by atoms with Crippen LogP contribution in [0.5, 0.6) is 0 Å². The Balaban J connectivity index is 2.27. The Morgan fingerprint density at radius 1 is 1.33 bits per heavy atom. The summed E-state index contributed by atoms with van der Waals surface area (Å²) in [5.41, 5.74) is 1.59. The van der Waals surface area contributed by atoms with Crippen molar-refractivity contribution in [2.45, 2.75) is 6.92 Å². The average Bonchev–Trinajstić information content (AvgIpc) is 2.16. The number of aromatic nitrogens is 1. The fraction of sp³-hybridized carbons (Fsp3) is 0.300. The second kappa shape index (κ2) is 3.68. The highest BCUT2D eigenvalue weighted by Gasteiger charge is 2.25. The van der Waals surface area contributed by atoms with E-state index in [2.05, 4.69) is 9.72 Å². The maximum Gasteiger partial charge on any atom is 0.333 e. The molecule has 0 bridgehead atoms. The number of aryl methyl sites for hydroxylation is 1. The minimum Gasteiger partial charge on any atom is -0.390 e. The molecule has 0 saturated carbocycles. The molecule has 0 aromatic carbocycles. The van der Waals surface area contributed by atoms with Crippen LogP contribution in [0, 0.1) is 6.92 Å². The number of hydrogen-bond donors (Lipinski definition) is 0. The number of cyclic esters (lactones) is 2. The second-order valence-electron chi connectivity index (χ2n) is 3.31. The van der Waals surface area contributed by atoms with Crippen molar-refractivity contribution in [1.82, 2.24) is 4.98 Å². The molecule has 1 aliphatic heterocycles. The Morgan fingerprint density at radius 3 is 2.60 bits per heavy atom. The molecule has 0 spiro atoms. The number of hydrogen-bond acceptors (Lipinski definition) is 5. The van der Waals surface area contributed by atoms with Crippen LogP contribution in [0.3, 0.4) is 0 Å². The third-order valence-electron chi connectivity index (χ3n) is 2.19. The zero-order chi connectivity index (χ0) is 10.8. The Labute approximate surface area is 86.7 Å². The van der Waals surface area contributed by atoms with Gasteiger partial charge in [0.15, 0.2) is 0 Å². The van der Waals surface area contributed by atoms with E-state index in [1.807, 2.05) is 13.0 Å². The number of ether oxygens (including phenoxy) is 1. The van der Waals surface area contributed by atoms with Gasteiger partial charge in [-0.25, -0.2) is 9.59 Å². The first kappa shape index (κ1) is 9.64. The molecule has 0 N–H and O–H groups in total. The lowest BCUT2D eigenvalue weighted by Crippen LogP contribution is -2.43. The Kier molecular flexibility index (Phi) is 2.37. The third-order valence-corrected chi connectivity index (χ3v) is 2.19. The summed E-state index contributed by atoms with van der Waals surface area (Å²) in [6, 6.07) is 3.60. The number of rotatable bonds is 1. The van der Waals surface area contributed by atoms with Gasteiger partial charge < -0.3 is 9.64 Å². The van der Waals surface area contributed by atoms with Gasteiger partial charge in [0.2, 0.25) is 0 Å². The summed E-state index contributed by atoms with van der Waals surface area (Å²) in [6.45, 7) is 2.02. The lowest BCUT2D eigenvalue weighted by atomic mass is 10.2. The van der Waals surface area contributed by atoms with E-state index in [9.17, 15) is 9.59 Å². The lowest BCUT2D eigenvalue weighted by molar-refractivity contribution is -0.160. The molecule has 0 atom stereocenters. The minimum absolute atomic E-state index is 0.0955. The fourth-order valence-corrected chi connectivity index (χ4v) is 1.54. The molecule has 5 heteroatoms. The molecule has 0 aliphatic carbocycles. The molecule has 1 aliphatic rings. The molecule has 0 unspecified atom stereocenters. The topological polar surface area (TPSA) is 59.5 Å². The number of pyridine rings is 1. The van der Waals surface area contributed by atoms with Crippen molar-refractivity contribution < 1.29 is 14.3 Å². The van der Waals surface area contributed by atoms with Crippen LogP contribution in [0.15, 0.2) is 18.3 Å². The lowest BCUT2D eigenvalue weighted by Gasteiger charge is -2.26. The van der Waals surface area contributed by atoms with Gasteiger partial charge in [-0.2, -0.15) is 0 Å². The summed E-state index contributed by atoms with van der Waals surface area (Å²) in [5.74, 6) is -1.04. The van der Waals surface area contributed by atoms with Crippen LogP contribution < -0.4 is 4.90 Å². The van der Waals surface area contributed by atoms with Crippen molar-refractivity contribution in [2.75, 3.05) is 18.0 Å². The normalized spacial score (nSPS) is 16.5. The summed E-state index contributed by atoms with van der Waals surface area (Å²) in [7, 11) is 0. The van der Waals surface area contributed by atoms with Crippen LogP contribution in [0.4, 0.5) is 5.69 Å². The molecule has 78 valence electrons. The predicted molar refractivity (Wildman–Crippen MR) is 52.3 cm³/mol. The van der Waals surface area contributed by atoms with Gasteiger partial charge in [-0.3, -0.25) is 4.98 Å². The van der Waals surface area contributed by atoms with Crippen molar-refractivity contribution in [3.05, 3.63) is 24.0 Å². The van der Waals surface area contributed by atoms with E-state index in [-0.39, 0.29) is 13.1 Å². The fourth-order valence-electron chi connectivity index (χ4n) is 1.54. The quantitative estimate of drug-likeness (QED) is 0.488. The van der Waals surface area contributed by atoms with Gasteiger partial charge in [0.1, 0.15) is 13.1 Å². The molecular formula is C10H10N2O3. The van der Waals surface area contributed by atoms with Crippen molar-refractivity contribution in [1.29, 1.82) is 0 Å². The third kappa shape index (κ3) is 1.96. The molecule has 1 saturated heterocycles. The van der Waals surface area contributed by atoms with Crippen LogP contribution in [0.2, 0.25) is 0 Å². The highest BCUT2D eigenvalue weighted by molar-refractivity contribution is 5.94. The van der Waals surface area contributed by atoms with E-state index in [1.54, 1.807) is 17.2 Å². The van der Waals surface area contributed by atoms with E-state index in [4.69, 9.17) is 0 Å². The van der Waals surface area contributed by atoms with E-state index >= 15 is 0 Å². The molecule has 2 heterocycles. The Bertz CT molecular complexity index is 401. The molecule has 5 nitrogen and oxygen atoms in total. The summed E-state index contributed by atoms with van der Waals surface area (Å²) in [5, 5.41) is 0. The zero-order valence-electron chi connectivity index (χ0n) is 8.27. The van der Waals surface area contributed by atoms with E-state index in [1.165, 1.54) is 0 Å². The number of morpholine rings is 1. The Hall–Kier alpha value is -1.91. The highest BCUT2D eigenvalue weighted by Crippen LogP contribution is 2.18. The van der Waals surface area contributed by atoms with Gasteiger partial charge in [-0.1, -0.05) is 0 Å². The van der Waals surface area contributed by atoms with Gasteiger partial charge in [-0.15, -0.1) is 0 Å². The minimum atomic E-state index is -0.519. The highest BCUT2D eigenvalue weighted by atomic mass is 16.6. The molecule has 0 radical (unpaired) electrons. The van der Waals surface area contributed by atoms with Crippen molar-refractivity contribution in [2.24, 2.45) is 0 Å². The SMILES string of the molecule is Cc1ncccc1N1CC(=O)OC(=O)C1. The van der Waals surface area contributed by atoms with E-state index in [0.717, 1.165) is 11.4 Å². The van der Waals surface area contributed by atoms with Crippen molar-refractivity contribution in [3.63, 3.8) is 0 Å². The molecule has 1 aromatic heterocycles. The van der Waals surface area contributed by atoms with Crippen molar-refractivity contribution in [3.8, 4) is 0 Å². The molecular weight excluding hydrogens is 196 g/mol. The van der Waals surface area contributed by atoms with Crippen LogP contribution in [-0.4, -0.2) is 30.0 Å². The van der Waals surface area contributed by atoms with E-state index in [0.29, 0.717) is 0 Å². The summed E-state index contributed by atoms with van der Waals surface area (Å²) < 4.78 is 4.44. The molecule has 0 amide bonds. The van der Waals surface area contributed by atoms with Crippen LogP contribution in [-0.2, 0) is 14.3 Å². The molecule has 15 heavy (non-hydrogen) atoms. The second-order valence-corrected chi connectivity index (χ2v) is 3.31. The first-order valence-electron chi connectivity index (χ1n) is 4.57. The van der Waals surface area contributed by atoms with Crippen LogP contribution in [0.25, 0.3) is 0 Å². The van der Waals surface area contributed by atoms with Crippen LogP contribution in [0.1, 0.15) is 5.69 Å².